The lowest BCUT2D eigenvalue weighted by Crippen LogP contribution is -2.31. The van der Waals surface area contributed by atoms with E-state index in [0.29, 0.717) is 30.3 Å². The van der Waals surface area contributed by atoms with Crippen LogP contribution in [0.1, 0.15) is 27.0 Å². The van der Waals surface area contributed by atoms with Crippen LogP contribution >= 0.6 is 15.9 Å². The molecule has 3 aromatic rings. The maximum Gasteiger partial charge on any atom is 0.231 e. The molecule has 5 nitrogen and oxygen atoms in total. The molecule has 0 unspecified atom stereocenters. The molecule has 5 rings (SSSR count). The molecule has 0 saturated heterocycles. The number of halogens is 1. The van der Waals surface area contributed by atoms with E-state index in [9.17, 15) is 4.79 Å². The number of ketones is 1. The van der Waals surface area contributed by atoms with Crippen LogP contribution in [-0.2, 0) is 13.1 Å². The highest BCUT2D eigenvalue weighted by Gasteiger charge is 2.33. The molecule has 0 N–H and O–H groups in total. The second kappa shape index (κ2) is 8.21. The normalized spacial score (nSPS) is 16.5. The van der Waals surface area contributed by atoms with Gasteiger partial charge in [0.25, 0.3) is 0 Å². The summed E-state index contributed by atoms with van der Waals surface area (Å²) >= 11 is 3.47. The fourth-order valence-corrected chi connectivity index (χ4v) is 4.29. The van der Waals surface area contributed by atoms with Gasteiger partial charge < -0.3 is 14.2 Å². The second-order valence-electron chi connectivity index (χ2n) is 7.49. The molecule has 2 aliphatic rings. The topological polar surface area (TPSA) is 48.0 Å². The zero-order valence-corrected chi connectivity index (χ0v) is 18.5. The SMILES string of the molecule is COc1ccc(Br)cc1/C=C1\Oc2c(ccc3c2CN(Cc2ccccc2)CO3)C1=O. The lowest BCUT2D eigenvalue weighted by molar-refractivity contribution is 0.0873. The first kappa shape index (κ1) is 19.8. The molecule has 0 aromatic heterocycles. The number of rotatable bonds is 4. The van der Waals surface area contributed by atoms with Gasteiger partial charge in [-0.25, -0.2) is 0 Å². The van der Waals surface area contributed by atoms with Crippen LogP contribution in [-0.4, -0.2) is 24.5 Å². The number of carbonyl (C=O) groups excluding carboxylic acids is 1. The number of benzene rings is 3. The third-order valence-electron chi connectivity index (χ3n) is 5.41. The summed E-state index contributed by atoms with van der Waals surface area (Å²) in [4.78, 5) is 15.2. The highest BCUT2D eigenvalue weighted by molar-refractivity contribution is 9.10. The van der Waals surface area contributed by atoms with E-state index in [-0.39, 0.29) is 11.5 Å². The van der Waals surface area contributed by atoms with Gasteiger partial charge in [-0.2, -0.15) is 0 Å². The number of fused-ring (bicyclic) bond motifs is 3. The van der Waals surface area contributed by atoms with E-state index in [2.05, 4.69) is 33.0 Å². The number of allylic oxidation sites excluding steroid dienone is 1. The molecule has 0 fully saturated rings. The van der Waals surface area contributed by atoms with Crippen molar-refractivity contribution in [2.45, 2.75) is 13.1 Å². The summed E-state index contributed by atoms with van der Waals surface area (Å²) in [7, 11) is 1.60. The number of ether oxygens (including phenoxy) is 3. The molecule has 0 radical (unpaired) electrons. The van der Waals surface area contributed by atoms with Gasteiger partial charge in [-0.05, 0) is 42.0 Å². The average molecular weight is 478 g/mol. The summed E-state index contributed by atoms with van der Waals surface area (Å²) in [5.74, 6) is 2.15. The minimum atomic E-state index is -0.139. The van der Waals surface area contributed by atoms with Crippen molar-refractivity contribution in [3.05, 3.63) is 93.1 Å². The van der Waals surface area contributed by atoms with E-state index in [1.807, 2.05) is 42.5 Å². The van der Waals surface area contributed by atoms with E-state index in [1.165, 1.54) is 5.56 Å². The minimum Gasteiger partial charge on any atom is -0.496 e. The van der Waals surface area contributed by atoms with Crippen LogP contribution in [0, 0.1) is 0 Å². The van der Waals surface area contributed by atoms with Crippen molar-refractivity contribution < 1.29 is 19.0 Å². The summed E-state index contributed by atoms with van der Waals surface area (Å²) in [5.41, 5.74) is 3.44. The monoisotopic (exact) mass is 477 g/mol. The molecule has 6 heteroatoms. The molecular formula is C25H20BrNO4. The molecule has 0 bridgehead atoms. The molecule has 156 valence electrons. The Morgan fingerprint density at radius 3 is 2.77 bits per heavy atom. The Kier molecular flexibility index (Phi) is 5.26. The highest BCUT2D eigenvalue weighted by Crippen LogP contribution is 2.42. The molecular weight excluding hydrogens is 458 g/mol. The standard InChI is InChI=1S/C25H20BrNO4/c1-29-21-9-7-18(26)11-17(21)12-23-24(28)19-8-10-22-20(25(19)31-23)14-27(15-30-22)13-16-5-3-2-4-6-16/h2-12H,13-15H2,1H3/b23-12-. The van der Waals surface area contributed by atoms with Crippen molar-refractivity contribution in [2.24, 2.45) is 0 Å². The Morgan fingerprint density at radius 1 is 1.13 bits per heavy atom. The van der Waals surface area contributed by atoms with Gasteiger partial charge >= 0.3 is 0 Å². The number of carbonyl (C=O) groups is 1. The average Bonchev–Trinajstić information content (AvgIpc) is 3.10. The number of Topliss-reactive ketones (excluding diaryl/α,β-unsaturated/α-hetero) is 1. The van der Waals surface area contributed by atoms with Crippen LogP contribution < -0.4 is 14.2 Å². The zero-order valence-electron chi connectivity index (χ0n) is 16.9. The fraction of sp³-hybridized carbons (Fsp3) is 0.160. The van der Waals surface area contributed by atoms with Gasteiger partial charge in [0.2, 0.25) is 5.78 Å². The maximum atomic E-state index is 13.0. The maximum absolute atomic E-state index is 13.0. The third-order valence-corrected chi connectivity index (χ3v) is 5.90. The molecule has 0 aliphatic carbocycles. The smallest absolute Gasteiger partial charge is 0.231 e. The molecule has 0 amide bonds. The lowest BCUT2D eigenvalue weighted by Gasteiger charge is -2.29. The Labute approximate surface area is 189 Å². The van der Waals surface area contributed by atoms with Crippen LogP contribution in [0.15, 0.2) is 70.9 Å². The van der Waals surface area contributed by atoms with E-state index < -0.39 is 0 Å². The number of methoxy groups -OCH3 is 1. The summed E-state index contributed by atoms with van der Waals surface area (Å²) in [5, 5.41) is 0. The Hall–Kier alpha value is -3.09. The van der Waals surface area contributed by atoms with Crippen molar-refractivity contribution in [3.63, 3.8) is 0 Å². The van der Waals surface area contributed by atoms with Crippen LogP contribution in [0.25, 0.3) is 6.08 Å². The Bertz CT molecular complexity index is 1190. The van der Waals surface area contributed by atoms with Gasteiger partial charge in [0.15, 0.2) is 5.76 Å². The first-order valence-corrected chi connectivity index (χ1v) is 10.7. The summed E-state index contributed by atoms with van der Waals surface area (Å²) in [6.45, 7) is 1.90. The molecule has 2 aliphatic heterocycles. The van der Waals surface area contributed by atoms with Crippen LogP contribution in [0.3, 0.4) is 0 Å². The van der Waals surface area contributed by atoms with Gasteiger partial charge in [-0.15, -0.1) is 0 Å². The molecule has 3 aromatic carbocycles. The first-order chi connectivity index (χ1) is 15.1. The number of nitrogens with zero attached hydrogens (tertiary/aromatic N) is 1. The Morgan fingerprint density at radius 2 is 1.97 bits per heavy atom. The van der Waals surface area contributed by atoms with Crippen molar-refractivity contribution in [2.75, 3.05) is 13.8 Å². The summed E-state index contributed by atoms with van der Waals surface area (Å²) in [6.07, 6.45) is 1.73. The van der Waals surface area contributed by atoms with Crippen molar-refractivity contribution >= 4 is 27.8 Å². The summed E-state index contributed by atoms with van der Waals surface area (Å²) in [6, 6.07) is 19.5. The first-order valence-electron chi connectivity index (χ1n) is 9.95. The van der Waals surface area contributed by atoms with Crippen molar-refractivity contribution in [3.8, 4) is 17.2 Å². The van der Waals surface area contributed by atoms with Gasteiger partial charge in [-0.3, -0.25) is 9.69 Å². The van der Waals surface area contributed by atoms with E-state index in [0.717, 1.165) is 27.9 Å². The molecule has 2 heterocycles. The molecule has 31 heavy (non-hydrogen) atoms. The molecule has 0 atom stereocenters. The minimum absolute atomic E-state index is 0.139. The van der Waals surface area contributed by atoms with Gasteiger partial charge in [-0.1, -0.05) is 46.3 Å². The van der Waals surface area contributed by atoms with E-state index in [4.69, 9.17) is 14.2 Å². The van der Waals surface area contributed by atoms with Gasteiger partial charge in [0, 0.05) is 23.1 Å². The summed E-state index contributed by atoms with van der Waals surface area (Å²) < 4.78 is 18.4. The number of hydrogen-bond acceptors (Lipinski definition) is 5. The van der Waals surface area contributed by atoms with Gasteiger partial charge in [0.1, 0.15) is 24.0 Å². The Balaban J connectivity index is 1.45. The largest absolute Gasteiger partial charge is 0.496 e. The number of hydrogen-bond donors (Lipinski definition) is 0. The second-order valence-corrected chi connectivity index (χ2v) is 8.41. The molecule has 0 spiro atoms. The van der Waals surface area contributed by atoms with Gasteiger partial charge in [0.05, 0.1) is 18.2 Å². The lowest BCUT2D eigenvalue weighted by atomic mass is 10.0. The molecule has 0 saturated carbocycles. The third kappa shape index (κ3) is 3.84. The highest BCUT2D eigenvalue weighted by atomic mass is 79.9. The van der Waals surface area contributed by atoms with Crippen LogP contribution in [0.4, 0.5) is 0 Å². The van der Waals surface area contributed by atoms with Crippen LogP contribution in [0.5, 0.6) is 17.2 Å². The van der Waals surface area contributed by atoms with Crippen molar-refractivity contribution in [1.29, 1.82) is 0 Å². The van der Waals surface area contributed by atoms with Crippen molar-refractivity contribution in [1.82, 2.24) is 4.90 Å². The fourth-order valence-electron chi connectivity index (χ4n) is 3.91. The quantitative estimate of drug-likeness (QED) is 0.469. The predicted octanol–water partition coefficient (Wildman–Crippen LogP) is 5.43. The van der Waals surface area contributed by atoms with E-state index in [1.54, 1.807) is 19.3 Å². The van der Waals surface area contributed by atoms with Crippen LogP contribution in [0.2, 0.25) is 0 Å². The zero-order chi connectivity index (χ0) is 21.4. The predicted molar refractivity (Wildman–Crippen MR) is 121 cm³/mol. The van der Waals surface area contributed by atoms with E-state index >= 15 is 0 Å².